The van der Waals surface area contributed by atoms with E-state index in [1.54, 1.807) is 55.5 Å². The van der Waals surface area contributed by atoms with Gasteiger partial charge in [0, 0.05) is 17.7 Å². The summed E-state index contributed by atoms with van der Waals surface area (Å²) in [4.78, 5) is 18.1. The number of ether oxygens (including phenoxy) is 2. The second-order valence-electron chi connectivity index (χ2n) is 8.45. The smallest absolute Gasteiger partial charge is 0.395 e. The van der Waals surface area contributed by atoms with E-state index in [0.717, 1.165) is 5.56 Å². The van der Waals surface area contributed by atoms with Gasteiger partial charge >= 0.3 is 6.29 Å². The molecule has 1 aliphatic carbocycles. The summed E-state index contributed by atoms with van der Waals surface area (Å²) in [5.74, 6) is -0.151. The topological polar surface area (TPSA) is 82.6 Å². The summed E-state index contributed by atoms with van der Waals surface area (Å²) in [5.41, 5.74) is 1.82. The van der Waals surface area contributed by atoms with Crippen LogP contribution in [0.25, 0.3) is 11.3 Å². The Morgan fingerprint density at radius 3 is 2.38 bits per heavy atom. The Hall–Kier alpha value is -3.33. The van der Waals surface area contributed by atoms with Crippen molar-refractivity contribution >= 4 is 15.6 Å². The van der Waals surface area contributed by atoms with Crippen LogP contribution in [-0.4, -0.2) is 31.2 Å². The first-order valence-electron chi connectivity index (χ1n) is 10.8. The van der Waals surface area contributed by atoms with Gasteiger partial charge in [-0.15, -0.1) is 8.78 Å². The molecular weight excluding hydrogens is 464 g/mol. The number of aromatic nitrogens is 1. The molecule has 0 atom stereocenters. The second kappa shape index (κ2) is 7.87. The molecule has 176 valence electrons. The number of sulfone groups is 1. The summed E-state index contributed by atoms with van der Waals surface area (Å²) in [6, 6.07) is 16.3. The number of ketones is 1. The molecule has 3 aromatic rings. The van der Waals surface area contributed by atoms with Crippen molar-refractivity contribution in [2.45, 2.75) is 42.8 Å². The molecule has 0 N–H and O–H groups in total. The van der Waals surface area contributed by atoms with Crippen LogP contribution in [-0.2, 0) is 26.5 Å². The fourth-order valence-corrected chi connectivity index (χ4v) is 5.06. The molecule has 0 unspecified atom stereocenters. The summed E-state index contributed by atoms with van der Waals surface area (Å²) in [5, 5.41) is 0. The molecule has 0 radical (unpaired) electrons. The Balaban J connectivity index is 1.35. The normalized spacial score (nSPS) is 17.4. The first-order chi connectivity index (χ1) is 16.1. The van der Waals surface area contributed by atoms with Gasteiger partial charge in [0.2, 0.25) is 0 Å². The largest absolute Gasteiger partial charge is 0.586 e. The van der Waals surface area contributed by atoms with E-state index >= 15 is 0 Å². The first kappa shape index (κ1) is 22.5. The average Bonchev–Trinajstić information content (AvgIpc) is 3.56. The summed E-state index contributed by atoms with van der Waals surface area (Å²) in [6.45, 7) is 1.59. The molecule has 2 aromatic carbocycles. The number of carbonyl (C=O) groups excluding carboxylic acids is 1. The Morgan fingerprint density at radius 1 is 1.00 bits per heavy atom. The predicted octanol–water partition coefficient (Wildman–Crippen LogP) is 4.71. The number of nitrogens with zero attached hydrogens (tertiary/aromatic N) is 1. The van der Waals surface area contributed by atoms with Crippen molar-refractivity contribution in [3.8, 4) is 22.8 Å². The Morgan fingerprint density at radius 2 is 1.71 bits per heavy atom. The number of hydrogen-bond donors (Lipinski definition) is 0. The second-order valence-corrected chi connectivity index (χ2v) is 10.7. The van der Waals surface area contributed by atoms with Crippen molar-refractivity contribution in [3.05, 3.63) is 71.9 Å². The molecule has 1 aromatic heterocycles. The highest BCUT2D eigenvalue weighted by Crippen LogP contribution is 2.52. The van der Waals surface area contributed by atoms with Crippen LogP contribution >= 0.6 is 0 Å². The van der Waals surface area contributed by atoms with Crippen LogP contribution in [0.2, 0.25) is 0 Å². The zero-order chi connectivity index (χ0) is 24.1. The van der Waals surface area contributed by atoms with E-state index in [0.29, 0.717) is 29.8 Å². The van der Waals surface area contributed by atoms with E-state index in [1.165, 1.54) is 12.1 Å². The summed E-state index contributed by atoms with van der Waals surface area (Å²) < 4.78 is 59.8. The van der Waals surface area contributed by atoms with E-state index in [4.69, 9.17) is 0 Å². The van der Waals surface area contributed by atoms with Gasteiger partial charge in [-0.3, -0.25) is 9.78 Å². The lowest BCUT2D eigenvalue weighted by Crippen LogP contribution is -2.26. The molecule has 2 heterocycles. The fraction of sp³-hybridized carbons (Fsp3) is 0.280. The molecule has 34 heavy (non-hydrogen) atoms. The fourth-order valence-electron chi connectivity index (χ4n) is 4.17. The van der Waals surface area contributed by atoms with Gasteiger partial charge < -0.3 is 9.47 Å². The van der Waals surface area contributed by atoms with Crippen molar-refractivity contribution in [2.75, 3.05) is 5.75 Å². The van der Waals surface area contributed by atoms with E-state index in [9.17, 15) is 22.0 Å². The molecule has 1 saturated carbocycles. The molecule has 0 bridgehead atoms. The molecule has 5 rings (SSSR count). The average molecular weight is 486 g/mol. The third kappa shape index (κ3) is 4.04. The third-order valence-electron chi connectivity index (χ3n) is 6.28. The van der Waals surface area contributed by atoms with Crippen molar-refractivity contribution in [3.63, 3.8) is 0 Å². The Labute approximate surface area is 195 Å². The zero-order valence-corrected chi connectivity index (χ0v) is 19.1. The van der Waals surface area contributed by atoms with Gasteiger partial charge in [-0.25, -0.2) is 8.42 Å². The zero-order valence-electron chi connectivity index (χ0n) is 18.3. The molecule has 0 saturated heterocycles. The van der Waals surface area contributed by atoms with E-state index in [2.05, 4.69) is 14.5 Å². The number of benzene rings is 2. The number of carbonyl (C=O) groups is 1. The maximum atomic E-state index is 13.4. The van der Waals surface area contributed by atoms with Crippen molar-refractivity contribution in [1.82, 2.24) is 4.98 Å². The lowest BCUT2D eigenvalue weighted by molar-refractivity contribution is -0.286. The van der Waals surface area contributed by atoms with Crippen LogP contribution in [0.5, 0.6) is 11.5 Å². The van der Waals surface area contributed by atoms with Gasteiger partial charge in [-0.2, -0.15) is 0 Å². The molecule has 2 aliphatic rings. The molecule has 6 nitrogen and oxygen atoms in total. The lowest BCUT2D eigenvalue weighted by atomic mass is 9.88. The third-order valence-corrected chi connectivity index (χ3v) is 8.03. The van der Waals surface area contributed by atoms with Gasteiger partial charge in [0.15, 0.2) is 21.3 Å². The first-order valence-corrected chi connectivity index (χ1v) is 12.5. The minimum absolute atomic E-state index is 0.0236. The highest BCUT2D eigenvalue weighted by Gasteiger charge is 2.52. The van der Waals surface area contributed by atoms with Crippen LogP contribution in [0.1, 0.15) is 31.0 Å². The summed E-state index contributed by atoms with van der Waals surface area (Å²) in [6.07, 6.45) is -2.38. The van der Waals surface area contributed by atoms with Crippen LogP contribution in [0.15, 0.2) is 65.6 Å². The van der Waals surface area contributed by atoms with Gasteiger partial charge in [-0.1, -0.05) is 31.2 Å². The van der Waals surface area contributed by atoms with Crippen LogP contribution < -0.4 is 9.47 Å². The highest BCUT2D eigenvalue weighted by molar-refractivity contribution is 7.91. The van der Waals surface area contributed by atoms with Crippen LogP contribution in [0.3, 0.4) is 0 Å². The Kier molecular flexibility index (Phi) is 5.20. The van der Waals surface area contributed by atoms with E-state index in [-0.39, 0.29) is 34.4 Å². The van der Waals surface area contributed by atoms with Crippen LogP contribution in [0.4, 0.5) is 8.78 Å². The number of halogens is 2. The molecule has 1 aliphatic heterocycles. The van der Waals surface area contributed by atoms with Gasteiger partial charge in [-0.05, 0) is 54.8 Å². The standard InChI is InChI=1S/C25H21F2NO5S/c1-2-34(30,31)19-9-6-16(7-10-19)20-5-3-4-18(28-20)15-23(29)24(12-13-24)17-8-11-21-22(14-17)33-25(26,27)32-21/h3-11,14H,2,12-13,15H2,1H3. The molecule has 0 spiro atoms. The van der Waals surface area contributed by atoms with Gasteiger partial charge in [0.25, 0.3) is 0 Å². The lowest BCUT2D eigenvalue weighted by Gasteiger charge is -2.15. The molecule has 0 amide bonds. The van der Waals surface area contributed by atoms with Crippen LogP contribution in [0, 0.1) is 0 Å². The molecule has 1 fully saturated rings. The number of fused-ring (bicyclic) bond motifs is 1. The van der Waals surface area contributed by atoms with Gasteiger partial charge in [0.1, 0.15) is 5.78 Å². The number of hydrogen-bond acceptors (Lipinski definition) is 6. The maximum absolute atomic E-state index is 13.4. The summed E-state index contributed by atoms with van der Waals surface area (Å²) >= 11 is 0. The number of Topliss-reactive ketones (excluding diaryl/α,β-unsaturated/α-hetero) is 1. The predicted molar refractivity (Wildman–Crippen MR) is 120 cm³/mol. The van der Waals surface area contributed by atoms with Gasteiger partial charge in [0.05, 0.1) is 21.8 Å². The van der Waals surface area contributed by atoms with Crippen molar-refractivity contribution in [1.29, 1.82) is 0 Å². The molecule has 9 heteroatoms. The number of alkyl halides is 2. The highest BCUT2D eigenvalue weighted by atomic mass is 32.2. The van der Waals surface area contributed by atoms with Crippen molar-refractivity contribution in [2.24, 2.45) is 0 Å². The van der Waals surface area contributed by atoms with Crippen molar-refractivity contribution < 1.29 is 31.5 Å². The number of rotatable bonds is 7. The van der Waals surface area contributed by atoms with E-state index in [1.807, 2.05) is 0 Å². The van der Waals surface area contributed by atoms with E-state index < -0.39 is 21.5 Å². The minimum Gasteiger partial charge on any atom is -0.395 e. The SMILES string of the molecule is CCS(=O)(=O)c1ccc(-c2cccc(CC(=O)C3(c4ccc5c(c4)OC(F)(F)O5)CC3)n2)cc1. The summed E-state index contributed by atoms with van der Waals surface area (Å²) in [7, 11) is -3.29. The molecular formula is C25H21F2NO5S. The maximum Gasteiger partial charge on any atom is 0.586 e. The minimum atomic E-state index is -3.70. The monoisotopic (exact) mass is 485 g/mol. The number of pyridine rings is 1. The quantitative estimate of drug-likeness (QED) is 0.482. The Bertz CT molecular complexity index is 1380.